The molecule has 11 heteroatoms. The van der Waals surface area contributed by atoms with E-state index in [1.165, 1.54) is 12.3 Å². The van der Waals surface area contributed by atoms with Gasteiger partial charge in [-0.15, -0.1) is 0 Å². The zero-order valence-corrected chi connectivity index (χ0v) is 15.5. The molecule has 1 heterocycles. The van der Waals surface area contributed by atoms with Crippen molar-refractivity contribution in [3.8, 4) is 0 Å². The Kier molecular flexibility index (Phi) is 7.09. The molecule has 0 aliphatic heterocycles. The molecule has 1 rings (SSSR count). The number of hydrogen-bond donors (Lipinski definition) is 3. The summed E-state index contributed by atoms with van der Waals surface area (Å²) in [5, 5.41) is 25.1. The number of aliphatic carboxylic acids is 1. The molecule has 0 aromatic carbocycles. The summed E-state index contributed by atoms with van der Waals surface area (Å²) in [5.74, 6) is -1.24. The number of nitro groups is 1. The highest BCUT2D eigenvalue weighted by molar-refractivity contribution is 9.10. The summed E-state index contributed by atoms with van der Waals surface area (Å²) in [4.78, 5) is 37.2. The number of hydrogen-bond acceptors (Lipinski definition) is 7. The van der Waals surface area contributed by atoms with Crippen LogP contribution in [0.15, 0.2) is 16.7 Å². The van der Waals surface area contributed by atoms with E-state index < -0.39 is 28.6 Å². The van der Waals surface area contributed by atoms with Gasteiger partial charge in [0.05, 0.1) is 4.92 Å². The normalized spacial score (nSPS) is 12.2. The lowest BCUT2D eigenvalue weighted by Gasteiger charge is -2.22. The van der Waals surface area contributed by atoms with E-state index in [2.05, 4.69) is 31.5 Å². The molecule has 0 radical (unpaired) electrons. The number of ether oxygens (including phenoxy) is 1. The Morgan fingerprint density at radius 1 is 1.48 bits per heavy atom. The van der Waals surface area contributed by atoms with Crippen LogP contribution < -0.4 is 10.6 Å². The summed E-state index contributed by atoms with van der Waals surface area (Å²) in [6, 6.07) is 0.0695. The number of rotatable bonds is 7. The number of nitrogens with one attached hydrogen (secondary N) is 2. The third-order valence-corrected chi connectivity index (χ3v) is 3.18. The predicted octanol–water partition coefficient (Wildman–Crippen LogP) is 2.53. The van der Waals surface area contributed by atoms with Crippen LogP contribution in [0.25, 0.3) is 0 Å². The van der Waals surface area contributed by atoms with Crippen LogP contribution in [0.2, 0.25) is 0 Å². The van der Waals surface area contributed by atoms with E-state index in [0.29, 0.717) is 4.47 Å². The smallest absolute Gasteiger partial charge is 0.408 e. The molecule has 0 spiro atoms. The Balaban J connectivity index is 2.66. The van der Waals surface area contributed by atoms with Crippen LogP contribution >= 0.6 is 15.9 Å². The second-order valence-electron chi connectivity index (χ2n) is 6.03. The van der Waals surface area contributed by atoms with Crippen molar-refractivity contribution in [1.82, 2.24) is 10.3 Å². The third-order valence-electron chi connectivity index (χ3n) is 2.75. The average molecular weight is 419 g/mol. The number of carbonyl (C=O) groups is 2. The number of halogens is 1. The second kappa shape index (κ2) is 8.60. The molecule has 25 heavy (non-hydrogen) atoms. The quantitative estimate of drug-likeness (QED) is 0.452. The van der Waals surface area contributed by atoms with Gasteiger partial charge >= 0.3 is 17.7 Å². The van der Waals surface area contributed by atoms with Gasteiger partial charge in [-0.25, -0.2) is 14.6 Å². The van der Waals surface area contributed by atoms with E-state index >= 15 is 0 Å². The Morgan fingerprint density at radius 2 is 2.12 bits per heavy atom. The van der Waals surface area contributed by atoms with Crippen molar-refractivity contribution in [3.63, 3.8) is 0 Å². The molecule has 10 nitrogen and oxygen atoms in total. The molecule has 1 aromatic heterocycles. The number of carboxylic acid groups (broad SMARTS) is 1. The summed E-state index contributed by atoms with van der Waals surface area (Å²) in [6.07, 6.45) is 0.500. The molecule has 1 amide bonds. The number of nitrogens with zero attached hydrogens (tertiary/aromatic N) is 2. The van der Waals surface area contributed by atoms with E-state index in [4.69, 9.17) is 9.84 Å². The molecule has 0 saturated heterocycles. The predicted molar refractivity (Wildman–Crippen MR) is 92.5 cm³/mol. The fourth-order valence-corrected chi connectivity index (χ4v) is 2.07. The lowest BCUT2D eigenvalue weighted by atomic mass is 10.2. The standard InChI is InChI=1S/C14H19BrN4O6/c1-14(2,3)25-13(22)18-9(12(20)21)4-5-16-11-10(19(23)24)6-8(15)7-17-11/h6-7,9H,4-5H2,1-3H3,(H,16,17)(H,18,22)(H,20,21). The van der Waals surface area contributed by atoms with E-state index in [1.54, 1.807) is 20.8 Å². The number of anilines is 1. The van der Waals surface area contributed by atoms with E-state index in [9.17, 15) is 19.7 Å². The van der Waals surface area contributed by atoms with Crippen LogP contribution in [0.1, 0.15) is 27.2 Å². The van der Waals surface area contributed by atoms with Gasteiger partial charge < -0.3 is 20.5 Å². The Morgan fingerprint density at radius 3 is 2.64 bits per heavy atom. The highest BCUT2D eigenvalue weighted by Crippen LogP contribution is 2.25. The molecule has 3 N–H and O–H groups in total. The first-order chi connectivity index (χ1) is 11.5. The SMILES string of the molecule is CC(C)(C)OC(=O)NC(CCNc1ncc(Br)cc1[N+](=O)[O-])C(=O)O. The van der Waals surface area contributed by atoms with Crippen molar-refractivity contribution in [2.45, 2.75) is 38.8 Å². The molecule has 0 aliphatic rings. The molecule has 0 aliphatic carbocycles. The monoisotopic (exact) mass is 418 g/mol. The summed E-state index contributed by atoms with van der Waals surface area (Å²) < 4.78 is 5.45. The molecule has 138 valence electrons. The largest absolute Gasteiger partial charge is 0.480 e. The van der Waals surface area contributed by atoms with Crippen molar-refractivity contribution in [2.24, 2.45) is 0 Å². The zero-order chi connectivity index (χ0) is 19.2. The fraction of sp³-hybridized carbons (Fsp3) is 0.500. The highest BCUT2D eigenvalue weighted by Gasteiger charge is 2.24. The van der Waals surface area contributed by atoms with Crippen LogP contribution in [-0.2, 0) is 9.53 Å². The van der Waals surface area contributed by atoms with Gasteiger partial charge in [0, 0.05) is 23.3 Å². The number of alkyl carbamates (subject to hydrolysis) is 1. The third kappa shape index (κ3) is 7.33. The van der Waals surface area contributed by atoms with Gasteiger partial charge in [0.25, 0.3) is 0 Å². The number of aromatic nitrogens is 1. The first-order valence-electron chi connectivity index (χ1n) is 7.25. The van der Waals surface area contributed by atoms with Gasteiger partial charge in [-0.05, 0) is 43.1 Å². The summed E-state index contributed by atoms with van der Waals surface area (Å²) in [7, 11) is 0. The van der Waals surface area contributed by atoms with E-state index in [0.717, 1.165) is 0 Å². The Labute approximate surface area is 152 Å². The van der Waals surface area contributed by atoms with Gasteiger partial charge in [0.2, 0.25) is 5.82 Å². The average Bonchev–Trinajstić information content (AvgIpc) is 2.45. The van der Waals surface area contributed by atoms with Crippen molar-refractivity contribution in [3.05, 3.63) is 26.9 Å². The first kappa shape index (κ1) is 20.6. The van der Waals surface area contributed by atoms with E-state index in [1.807, 2.05) is 0 Å². The number of amides is 1. The van der Waals surface area contributed by atoms with Gasteiger partial charge in [-0.1, -0.05) is 0 Å². The molecular weight excluding hydrogens is 400 g/mol. The van der Waals surface area contributed by atoms with Gasteiger partial charge in [-0.3, -0.25) is 10.1 Å². The molecule has 1 unspecified atom stereocenters. The zero-order valence-electron chi connectivity index (χ0n) is 13.9. The van der Waals surface area contributed by atoms with Crippen LogP contribution in [-0.4, -0.2) is 45.3 Å². The minimum atomic E-state index is -1.24. The van der Waals surface area contributed by atoms with Crippen LogP contribution in [0.4, 0.5) is 16.3 Å². The number of carboxylic acids is 1. The van der Waals surface area contributed by atoms with Crippen molar-refractivity contribution < 1.29 is 24.4 Å². The fourth-order valence-electron chi connectivity index (χ4n) is 1.75. The van der Waals surface area contributed by atoms with Gasteiger partial charge in [0.15, 0.2) is 0 Å². The summed E-state index contributed by atoms with van der Waals surface area (Å²) >= 11 is 3.09. The molecule has 1 aromatic rings. The summed E-state index contributed by atoms with van der Waals surface area (Å²) in [5.41, 5.74) is -1.01. The number of carbonyl (C=O) groups excluding carboxylic acids is 1. The Hall–Kier alpha value is -2.43. The van der Waals surface area contributed by atoms with Crippen LogP contribution in [0.3, 0.4) is 0 Å². The van der Waals surface area contributed by atoms with E-state index in [-0.39, 0.29) is 24.5 Å². The first-order valence-corrected chi connectivity index (χ1v) is 8.05. The molecule has 0 bridgehead atoms. The lowest BCUT2D eigenvalue weighted by Crippen LogP contribution is -2.44. The maximum atomic E-state index is 11.7. The highest BCUT2D eigenvalue weighted by atomic mass is 79.9. The molecule has 0 saturated carbocycles. The molecule has 1 atom stereocenters. The minimum Gasteiger partial charge on any atom is -0.480 e. The van der Waals surface area contributed by atoms with Crippen molar-refractivity contribution in [1.29, 1.82) is 0 Å². The summed E-state index contributed by atoms with van der Waals surface area (Å²) in [6.45, 7) is 5.01. The van der Waals surface area contributed by atoms with Gasteiger partial charge in [0.1, 0.15) is 11.6 Å². The molecular formula is C14H19BrN4O6. The maximum Gasteiger partial charge on any atom is 0.408 e. The second-order valence-corrected chi connectivity index (χ2v) is 6.95. The maximum absolute atomic E-state index is 11.7. The van der Waals surface area contributed by atoms with Crippen molar-refractivity contribution >= 4 is 39.5 Å². The van der Waals surface area contributed by atoms with Crippen LogP contribution in [0.5, 0.6) is 0 Å². The Bertz CT molecular complexity index is 661. The van der Waals surface area contributed by atoms with Crippen molar-refractivity contribution in [2.75, 3.05) is 11.9 Å². The lowest BCUT2D eigenvalue weighted by molar-refractivity contribution is -0.384. The van der Waals surface area contributed by atoms with Gasteiger partial charge in [-0.2, -0.15) is 0 Å². The topological polar surface area (TPSA) is 144 Å². The number of pyridine rings is 1. The van der Waals surface area contributed by atoms with Crippen LogP contribution in [0, 0.1) is 10.1 Å². The minimum absolute atomic E-state index is 0.00890. The molecule has 0 fully saturated rings.